The van der Waals surface area contributed by atoms with Gasteiger partial charge in [-0.2, -0.15) is 0 Å². The Morgan fingerprint density at radius 2 is 1.59 bits per heavy atom. The van der Waals surface area contributed by atoms with E-state index >= 15 is 0 Å². The summed E-state index contributed by atoms with van der Waals surface area (Å²) in [5, 5.41) is 8.52. The number of urea groups is 1. The number of nitrogens with zero attached hydrogens (tertiary/aromatic N) is 1. The number of likely N-dealkylation sites (tertiary alicyclic amines) is 1. The highest BCUT2D eigenvalue weighted by molar-refractivity contribution is 6.37. The van der Waals surface area contributed by atoms with Crippen LogP contribution in [0.2, 0.25) is 0 Å². The molecule has 1 heterocycles. The van der Waals surface area contributed by atoms with Crippen LogP contribution < -0.4 is 21.7 Å². The second-order valence-corrected chi connectivity index (χ2v) is 13.9. The van der Waals surface area contributed by atoms with Crippen molar-refractivity contribution < 1.29 is 24.0 Å². The Morgan fingerprint density at radius 3 is 2.05 bits per heavy atom. The summed E-state index contributed by atoms with van der Waals surface area (Å²) in [7, 11) is 0. The number of piperidine rings is 1. The number of carbonyl (C=O) groups excluding carboxylic acids is 5. The van der Waals surface area contributed by atoms with Crippen LogP contribution in [0.3, 0.4) is 0 Å². The van der Waals surface area contributed by atoms with Crippen LogP contribution in [0.15, 0.2) is 0 Å². The van der Waals surface area contributed by atoms with E-state index < -0.39 is 46.2 Å². The third-order valence-corrected chi connectivity index (χ3v) is 8.63. The Balaban J connectivity index is 1.76. The molecule has 0 bridgehead atoms. The van der Waals surface area contributed by atoms with Gasteiger partial charge in [-0.15, -0.1) is 0 Å². The molecule has 3 rings (SSSR count). The maximum Gasteiger partial charge on any atom is 0.315 e. The van der Waals surface area contributed by atoms with Crippen molar-refractivity contribution in [1.82, 2.24) is 20.9 Å². The van der Waals surface area contributed by atoms with Crippen molar-refractivity contribution in [3.05, 3.63) is 0 Å². The monoisotopic (exact) mass is 519 g/mol. The van der Waals surface area contributed by atoms with Crippen LogP contribution in [-0.4, -0.2) is 65.1 Å². The van der Waals surface area contributed by atoms with E-state index in [1.807, 2.05) is 55.4 Å². The molecule has 10 heteroatoms. The SMILES string of the molecule is CC(C)(C)NC(=O)N[C@H](C(=O)N1C[C@H]2C(C)(C)[C@@]2(C(=O)N[C@@H](CC2CCC2)C(=O)C(N)=O)C1)C(C)(C)C. The predicted octanol–water partition coefficient (Wildman–Crippen LogP) is 1.71. The minimum Gasteiger partial charge on any atom is -0.363 e. The number of nitrogens with two attached hydrogens (primary N) is 1. The summed E-state index contributed by atoms with van der Waals surface area (Å²) in [6.45, 7) is 15.8. The smallest absolute Gasteiger partial charge is 0.315 e. The zero-order valence-electron chi connectivity index (χ0n) is 23.6. The second kappa shape index (κ2) is 9.58. The standard InChI is InChI=1S/C27H45N5O5/c1-24(2,3)19(30-23(37)31-25(4,5)6)21(35)32-13-17-26(7,8)27(17,14-32)22(36)29-16(18(33)20(28)34)12-15-10-9-11-15/h15-17,19H,9-14H2,1-8H3,(H2,28,34)(H,29,36)(H2,30,31,37)/t16-,17-,19+,27-/m0/s1. The van der Waals surface area contributed by atoms with Gasteiger partial charge in [0.05, 0.1) is 11.5 Å². The van der Waals surface area contributed by atoms with E-state index in [1.165, 1.54) is 0 Å². The number of carbonyl (C=O) groups is 5. The Hall–Kier alpha value is -2.65. The molecule has 5 N–H and O–H groups in total. The van der Waals surface area contributed by atoms with Crippen molar-refractivity contribution in [3.8, 4) is 0 Å². The lowest BCUT2D eigenvalue weighted by atomic mass is 9.80. The Bertz CT molecular complexity index is 975. The van der Waals surface area contributed by atoms with E-state index in [0.29, 0.717) is 13.0 Å². The van der Waals surface area contributed by atoms with Crippen LogP contribution in [0.1, 0.15) is 81.1 Å². The summed E-state index contributed by atoms with van der Waals surface area (Å²) in [6.07, 6.45) is 3.40. The molecule has 0 radical (unpaired) electrons. The normalized spacial score (nSPS) is 26.3. The van der Waals surface area contributed by atoms with Gasteiger partial charge in [0, 0.05) is 18.6 Å². The highest BCUT2D eigenvalue weighted by atomic mass is 16.2. The summed E-state index contributed by atoms with van der Waals surface area (Å²) in [5.74, 6) is -2.20. The van der Waals surface area contributed by atoms with Crippen LogP contribution in [-0.2, 0) is 19.2 Å². The molecule has 2 saturated carbocycles. The van der Waals surface area contributed by atoms with Crippen molar-refractivity contribution in [1.29, 1.82) is 0 Å². The fraction of sp³-hybridized carbons (Fsp3) is 0.815. The lowest BCUT2D eigenvalue weighted by molar-refractivity contribution is -0.140. The first-order chi connectivity index (χ1) is 16.8. The molecule has 1 aliphatic heterocycles. The minimum absolute atomic E-state index is 0.0963. The number of fused-ring (bicyclic) bond motifs is 1. The second-order valence-electron chi connectivity index (χ2n) is 13.9. The van der Waals surface area contributed by atoms with Gasteiger partial charge in [-0.1, -0.05) is 53.9 Å². The number of hydrogen-bond donors (Lipinski definition) is 4. The molecule has 0 aromatic rings. The molecule has 4 atom stereocenters. The predicted molar refractivity (Wildman–Crippen MR) is 139 cm³/mol. The number of hydrogen-bond acceptors (Lipinski definition) is 5. The number of nitrogens with one attached hydrogen (secondary N) is 3. The fourth-order valence-corrected chi connectivity index (χ4v) is 6.03. The van der Waals surface area contributed by atoms with Crippen LogP contribution >= 0.6 is 0 Å². The van der Waals surface area contributed by atoms with E-state index in [2.05, 4.69) is 16.0 Å². The summed E-state index contributed by atoms with van der Waals surface area (Å²) in [4.78, 5) is 65.8. The lowest BCUT2D eigenvalue weighted by Crippen LogP contribution is -2.59. The van der Waals surface area contributed by atoms with Gasteiger partial charge in [-0.3, -0.25) is 19.2 Å². The number of rotatable bonds is 8. The van der Waals surface area contributed by atoms with Crippen molar-refractivity contribution in [3.63, 3.8) is 0 Å². The topological polar surface area (TPSA) is 151 Å². The van der Waals surface area contributed by atoms with E-state index in [1.54, 1.807) is 4.90 Å². The average molecular weight is 520 g/mol. The molecule has 3 fully saturated rings. The molecule has 10 nitrogen and oxygen atoms in total. The highest BCUT2D eigenvalue weighted by Gasteiger charge is 2.79. The first-order valence-electron chi connectivity index (χ1n) is 13.3. The van der Waals surface area contributed by atoms with Gasteiger partial charge < -0.3 is 26.6 Å². The van der Waals surface area contributed by atoms with Crippen LogP contribution in [0.4, 0.5) is 4.79 Å². The van der Waals surface area contributed by atoms with Gasteiger partial charge >= 0.3 is 6.03 Å². The molecule has 2 aliphatic carbocycles. The average Bonchev–Trinajstić information content (AvgIpc) is 3.01. The van der Waals surface area contributed by atoms with Gasteiger partial charge in [0.15, 0.2) is 0 Å². The van der Waals surface area contributed by atoms with Crippen LogP contribution in [0.25, 0.3) is 0 Å². The first kappa shape index (κ1) is 28.9. The van der Waals surface area contributed by atoms with Crippen molar-refractivity contribution >= 4 is 29.5 Å². The Morgan fingerprint density at radius 1 is 1.00 bits per heavy atom. The molecule has 0 aromatic carbocycles. The third kappa shape index (κ3) is 5.62. The summed E-state index contributed by atoms with van der Waals surface area (Å²) < 4.78 is 0. The van der Waals surface area contributed by atoms with Gasteiger partial charge in [-0.05, 0) is 49.9 Å². The maximum atomic E-state index is 13.7. The van der Waals surface area contributed by atoms with E-state index in [-0.39, 0.29) is 35.6 Å². The molecule has 208 valence electrons. The Labute approximate surface area is 220 Å². The molecular weight excluding hydrogens is 474 g/mol. The van der Waals surface area contributed by atoms with E-state index in [9.17, 15) is 24.0 Å². The number of ketones is 1. The fourth-order valence-electron chi connectivity index (χ4n) is 6.03. The van der Waals surface area contributed by atoms with Gasteiger partial charge in [0.25, 0.3) is 5.91 Å². The molecule has 0 unspecified atom stereocenters. The molecule has 0 aromatic heterocycles. The highest BCUT2D eigenvalue weighted by Crippen LogP contribution is 2.72. The zero-order valence-corrected chi connectivity index (χ0v) is 23.6. The quantitative estimate of drug-likeness (QED) is 0.360. The van der Waals surface area contributed by atoms with Crippen LogP contribution in [0, 0.1) is 28.1 Å². The largest absolute Gasteiger partial charge is 0.363 e. The third-order valence-electron chi connectivity index (χ3n) is 8.63. The Kier molecular flexibility index (Phi) is 7.49. The summed E-state index contributed by atoms with van der Waals surface area (Å²) in [5.41, 5.74) is 3.01. The zero-order chi connectivity index (χ0) is 28.1. The molecule has 1 saturated heterocycles. The maximum absolute atomic E-state index is 13.7. The molecule has 37 heavy (non-hydrogen) atoms. The van der Waals surface area contributed by atoms with Gasteiger partial charge in [-0.25, -0.2) is 4.79 Å². The van der Waals surface area contributed by atoms with Crippen molar-refractivity contribution in [2.75, 3.05) is 13.1 Å². The minimum atomic E-state index is -1.05. The molecular formula is C27H45N5O5. The van der Waals surface area contributed by atoms with Gasteiger partial charge in [0.2, 0.25) is 17.6 Å². The summed E-state index contributed by atoms with van der Waals surface area (Å²) in [6, 6.07) is -2.17. The number of primary amides is 1. The van der Waals surface area contributed by atoms with Crippen molar-refractivity contribution in [2.45, 2.75) is 98.7 Å². The molecule has 0 spiro atoms. The number of Topliss-reactive ketones (excluding diaryl/α,β-unsaturated/α-hetero) is 1. The van der Waals surface area contributed by atoms with Crippen LogP contribution in [0.5, 0.6) is 0 Å². The molecule has 5 amide bonds. The number of amides is 5. The van der Waals surface area contributed by atoms with E-state index in [0.717, 1.165) is 19.3 Å². The summed E-state index contributed by atoms with van der Waals surface area (Å²) >= 11 is 0. The lowest BCUT2D eigenvalue weighted by Gasteiger charge is -2.36. The van der Waals surface area contributed by atoms with Crippen molar-refractivity contribution in [2.24, 2.45) is 33.8 Å². The molecule has 3 aliphatic rings. The van der Waals surface area contributed by atoms with Gasteiger partial charge in [0.1, 0.15) is 6.04 Å². The van der Waals surface area contributed by atoms with E-state index in [4.69, 9.17) is 5.73 Å². The first-order valence-corrected chi connectivity index (χ1v) is 13.3.